The van der Waals surface area contributed by atoms with Crippen molar-refractivity contribution < 1.29 is 9.84 Å². The zero-order valence-corrected chi connectivity index (χ0v) is 11.3. The normalized spacial score (nSPS) is 12.5. The third-order valence-corrected chi connectivity index (χ3v) is 2.68. The summed E-state index contributed by atoms with van der Waals surface area (Å²) < 4.78 is 6.39. The molecule has 0 aromatic heterocycles. The van der Waals surface area contributed by atoms with Gasteiger partial charge in [0.25, 0.3) is 0 Å². The molecule has 0 aliphatic rings. The molecular weight excluding hydrogens is 270 g/mol. The predicted octanol–water partition coefficient (Wildman–Crippen LogP) is 2.32. The second kappa shape index (κ2) is 6.89. The van der Waals surface area contributed by atoms with Crippen LogP contribution in [0.5, 0.6) is 5.75 Å². The van der Waals surface area contributed by atoms with E-state index in [9.17, 15) is 0 Å². The average Bonchev–Trinajstić information content (AvgIpc) is 2.21. The molecule has 0 radical (unpaired) electrons. The molecule has 4 heteroatoms. The third kappa shape index (κ3) is 4.51. The Kier molecular flexibility index (Phi) is 5.80. The first kappa shape index (κ1) is 13.5. The van der Waals surface area contributed by atoms with Gasteiger partial charge in [0.05, 0.1) is 17.2 Å². The summed E-state index contributed by atoms with van der Waals surface area (Å²) in [4.78, 5) is 0. The van der Waals surface area contributed by atoms with Crippen LogP contribution in [0.4, 0.5) is 0 Å². The van der Waals surface area contributed by atoms with Gasteiger partial charge in [0.1, 0.15) is 5.75 Å². The van der Waals surface area contributed by atoms with Crippen LogP contribution in [0.25, 0.3) is 0 Å². The first-order valence-electron chi connectivity index (χ1n) is 5.43. The SMILES string of the molecule is CCOc1ccc(CNC[C@@H](C)O)cc1Br. The Labute approximate surface area is 105 Å². The van der Waals surface area contributed by atoms with E-state index in [0.29, 0.717) is 13.2 Å². The molecule has 2 N–H and O–H groups in total. The van der Waals surface area contributed by atoms with E-state index >= 15 is 0 Å². The van der Waals surface area contributed by atoms with Crippen LogP contribution in [0.2, 0.25) is 0 Å². The Bertz CT molecular complexity index is 329. The topological polar surface area (TPSA) is 41.5 Å². The second-order valence-electron chi connectivity index (χ2n) is 3.68. The molecule has 1 atom stereocenters. The lowest BCUT2D eigenvalue weighted by molar-refractivity contribution is 0.191. The van der Waals surface area contributed by atoms with Crippen molar-refractivity contribution in [2.24, 2.45) is 0 Å². The van der Waals surface area contributed by atoms with Crippen LogP contribution in [0.1, 0.15) is 19.4 Å². The Balaban J connectivity index is 2.52. The average molecular weight is 288 g/mol. The summed E-state index contributed by atoms with van der Waals surface area (Å²) in [7, 11) is 0. The molecule has 1 aromatic rings. The van der Waals surface area contributed by atoms with Crippen molar-refractivity contribution >= 4 is 15.9 Å². The Morgan fingerprint density at radius 3 is 2.81 bits per heavy atom. The van der Waals surface area contributed by atoms with Gasteiger partial charge in [-0.25, -0.2) is 0 Å². The van der Waals surface area contributed by atoms with E-state index in [1.165, 1.54) is 0 Å². The van der Waals surface area contributed by atoms with Gasteiger partial charge in [-0.15, -0.1) is 0 Å². The fourth-order valence-electron chi connectivity index (χ4n) is 1.35. The number of nitrogens with one attached hydrogen (secondary N) is 1. The summed E-state index contributed by atoms with van der Waals surface area (Å²) in [5, 5.41) is 12.3. The smallest absolute Gasteiger partial charge is 0.133 e. The maximum absolute atomic E-state index is 9.11. The van der Waals surface area contributed by atoms with Gasteiger partial charge < -0.3 is 15.2 Å². The van der Waals surface area contributed by atoms with E-state index in [4.69, 9.17) is 9.84 Å². The largest absolute Gasteiger partial charge is 0.493 e. The lowest BCUT2D eigenvalue weighted by Gasteiger charge is -2.09. The molecule has 0 saturated carbocycles. The van der Waals surface area contributed by atoms with E-state index in [1.807, 2.05) is 25.1 Å². The quantitative estimate of drug-likeness (QED) is 0.844. The minimum atomic E-state index is -0.314. The Hall–Kier alpha value is -0.580. The number of hydrogen-bond acceptors (Lipinski definition) is 3. The molecule has 3 nitrogen and oxygen atoms in total. The standard InChI is InChI=1S/C12H18BrNO2/c1-3-16-12-5-4-10(6-11(12)13)8-14-7-9(2)15/h4-6,9,14-15H,3,7-8H2,1-2H3/t9-/m1/s1. The molecule has 0 saturated heterocycles. The van der Waals surface area contributed by atoms with Gasteiger partial charge in [-0.3, -0.25) is 0 Å². The van der Waals surface area contributed by atoms with Gasteiger partial charge >= 0.3 is 0 Å². The highest BCUT2D eigenvalue weighted by Gasteiger charge is 2.02. The van der Waals surface area contributed by atoms with Crippen molar-refractivity contribution in [1.82, 2.24) is 5.32 Å². The van der Waals surface area contributed by atoms with Crippen LogP contribution in [-0.4, -0.2) is 24.4 Å². The van der Waals surface area contributed by atoms with Crippen LogP contribution >= 0.6 is 15.9 Å². The van der Waals surface area contributed by atoms with Gasteiger partial charge in [-0.05, 0) is 47.5 Å². The Morgan fingerprint density at radius 2 is 2.25 bits per heavy atom. The van der Waals surface area contributed by atoms with Gasteiger partial charge in [0.2, 0.25) is 0 Å². The highest BCUT2D eigenvalue weighted by atomic mass is 79.9. The maximum Gasteiger partial charge on any atom is 0.133 e. The number of hydrogen-bond donors (Lipinski definition) is 2. The minimum Gasteiger partial charge on any atom is -0.493 e. The fourth-order valence-corrected chi connectivity index (χ4v) is 1.89. The summed E-state index contributed by atoms with van der Waals surface area (Å²) in [6, 6.07) is 6.00. The maximum atomic E-state index is 9.11. The van der Waals surface area contributed by atoms with Gasteiger partial charge in [-0.2, -0.15) is 0 Å². The molecule has 1 aromatic carbocycles. The predicted molar refractivity (Wildman–Crippen MR) is 68.7 cm³/mol. The molecule has 0 aliphatic heterocycles. The number of aliphatic hydroxyl groups is 1. The summed E-state index contributed by atoms with van der Waals surface area (Å²) in [5.74, 6) is 0.863. The van der Waals surface area contributed by atoms with Crippen molar-refractivity contribution in [1.29, 1.82) is 0 Å². The van der Waals surface area contributed by atoms with Crippen LogP contribution in [0.3, 0.4) is 0 Å². The van der Waals surface area contributed by atoms with Gasteiger partial charge in [-0.1, -0.05) is 6.07 Å². The molecule has 0 heterocycles. The molecule has 0 amide bonds. The molecule has 0 aliphatic carbocycles. The van der Waals surface area contributed by atoms with Crippen LogP contribution in [-0.2, 0) is 6.54 Å². The minimum absolute atomic E-state index is 0.314. The summed E-state index contributed by atoms with van der Waals surface area (Å²) in [5.41, 5.74) is 1.16. The number of ether oxygens (including phenoxy) is 1. The fraction of sp³-hybridized carbons (Fsp3) is 0.500. The number of benzene rings is 1. The van der Waals surface area contributed by atoms with Crippen LogP contribution in [0, 0.1) is 0 Å². The number of rotatable bonds is 6. The van der Waals surface area contributed by atoms with Crippen molar-refractivity contribution in [2.45, 2.75) is 26.5 Å². The monoisotopic (exact) mass is 287 g/mol. The van der Waals surface area contributed by atoms with Crippen molar-refractivity contribution in [3.05, 3.63) is 28.2 Å². The molecule has 0 unspecified atom stereocenters. The van der Waals surface area contributed by atoms with Gasteiger partial charge in [0, 0.05) is 13.1 Å². The molecule has 0 fully saturated rings. The van der Waals surface area contributed by atoms with Crippen molar-refractivity contribution in [3.63, 3.8) is 0 Å². The van der Waals surface area contributed by atoms with Crippen LogP contribution < -0.4 is 10.1 Å². The molecule has 16 heavy (non-hydrogen) atoms. The van der Waals surface area contributed by atoms with Crippen molar-refractivity contribution in [3.8, 4) is 5.75 Å². The summed E-state index contributed by atoms with van der Waals surface area (Å²) in [6.07, 6.45) is -0.314. The molecule has 0 bridgehead atoms. The first-order chi connectivity index (χ1) is 7.63. The zero-order valence-electron chi connectivity index (χ0n) is 9.66. The third-order valence-electron chi connectivity index (χ3n) is 2.07. The van der Waals surface area contributed by atoms with E-state index in [1.54, 1.807) is 6.92 Å². The zero-order chi connectivity index (χ0) is 12.0. The lowest BCUT2D eigenvalue weighted by Crippen LogP contribution is -2.23. The van der Waals surface area contributed by atoms with E-state index in [2.05, 4.69) is 21.2 Å². The second-order valence-corrected chi connectivity index (χ2v) is 4.53. The molecule has 90 valence electrons. The highest BCUT2D eigenvalue weighted by molar-refractivity contribution is 9.10. The lowest BCUT2D eigenvalue weighted by atomic mass is 10.2. The molecular formula is C12H18BrNO2. The number of aliphatic hydroxyl groups excluding tert-OH is 1. The Morgan fingerprint density at radius 1 is 1.50 bits per heavy atom. The molecule has 0 spiro atoms. The van der Waals surface area contributed by atoms with Crippen LogP contribution in [0.15, 0.2) is 22.7 Å². The molecule has 1 rings (SSSR count). The summed E-state index contributed by atoms with van der Waals surface area (Å²) >= 11 is 3.47. The van der Waals surface area contributed by atoms with E-state index in [-0.39, 0.29) is 6.10 Å². The highest BCUT2D eigenvalue weighted by Crippen LogP contribution is 2.25. The van der Waals surface area contributed by atoms with E-state index in [0.717, 1.165) is 22.3 Å². The van der Waals surface area contributed by atoms with E-state index < -0.39 is 0 Å². The van der Waals surface area contributed by atoms with Gasteiger partial charge in [0.15, 0.2) is 0 Å². The summed E-state index contributed by atoms with van der Waals surface area (Å²) in [6.45, 7) is 5.74. The van der Waals surface area contributed by atoms with Crippen molar-refractivity contribution in [2.75, 3.05) is 13.2 Å². The first-order valence-corrected chi connectivity index (χ1v) is 6.22. The number of halogens is 1.